The van der Waals surface area contributed by atoms with Gasteiger partial charge >= 0.3 is 0 Å². The van der Waals surface area contributed by atoms with Gasteiger partial charge in [0.1, 0.15) is 18.0 Å². The van der Waals surface area contributed by atoms with Gasteiger partial charge in [0.15, 0.2) is 0 Å². The Bertz CT molecular complexity index is 358. The SMILES string of the molecule is CCCc1c(NN)ncnc1NC(CC)COC. The smallest absolute Gasteiger partial charge is 0.148 e. The largest absolute Gasteiger partial charge is 0.383 e. The Morgan fingerprint density at radius 3 is 2.61 bits per heavy atom. The van der Waals surface area contributed by atoms with E-state index in [0.717, 1.165) is 30.6 Å². The van der Waals surface area contributed by atoms with Crippen LogP contribution in [-0.4, -0.2) is 29.7 Å². The molecule has 0 bridgehead atoms. The van der Waals surface area contributed by atoms with Crippen molar-refractivity contribution in [2.75, 3.05) is 24.5 Å². The van der Waals surface area contributed by atoms with E-state index >= 15 is 0 Å². The maximum atomic E-state index is 5.48. The zero-order valence-electron chi connectivity index (χ0n) is 11.4. The van der Waals surface area contributed by atoms with E-state index in [1.165, 1.54) is 6.33 Å². The lowest BCUT2D eigenvalue weighted by molar-refractivity contribution is 0.184. The van der Waals surface area contributed by atoms with E-state index in [2.05, 4.69) is 34.6 Å². The molecule has 0 fully saturated rings. The van der Waals surface area contributed by atoms with E-state index in [0.29, 0.717) is 12.4 Å². The predicted molar refractivity (Wildman–Crippen MR) is 73.4 cm³/mol. The van der Waals surface area contributed by atoms with E-state index < -0.39 is 0 Å². The van der Waals surface area contributed by atoms with Gasteiger partial charge < -0.3 is 15.5 Å². The Labute approximate surface area is 108 Å². The maximum Gasteiger partial charge on any atom is 0.148 e. The number of ether oxygens (including phenoxy) is 1. The summed E-state index contributed by atoms with van der Waals surface area (Å²) >= 11 is 0. The fourth-order valence-electron chi connectivity index (χ4n) is 1.80. The van der Waals surface area contributed by atoms with Crippen molar-refractivity contribution in [1.82, 2.24) is 9.97 Å². The highest BCUT2D eigenvalue weighted by Crippen LogP contribution is 2.21. The van der Waals surface area contributed by atoms with Crippen molar-refractivity contribution in [3.8, 4) is 0 Å². The Morgan fingerprint density at radius 2 is 2.06 bits per heavy atom. The summed E-state index contributed by atoms with van der Waals surface area (Å²) < 4.78 is 5.18. The molecular weight excluding hydrogens is 230 g/mol. The van der Waals surface area contributed by atoms with Crippen LogP contribution in [0.3, 0.4) is 0 Å². The first-order valence-corrected chi connectivity index (χ1v) is 6.32. The topological polar surface area (TPSA) is 85.1 Å². The third-order valence-corrected chi connectivity index (χ3v) is 2.78. The zero-order valence-corrected chi connectivity index (χ0v) is 11.4. The average molecular weight is 253 g/mol. The van der Waals surface area contributed by atoms with Crippen LogP contribution in [0.25, 0.3) is 0 Å². The van der Waals surface area contributed by atoms with Gasteiger partial charge in [-0.2, -0.15) is 0 Å². The molecule has 0 saturated carbocycles. The summed E-state index contributed by atoms with van der Waals surface area (Å²) in [5.74, 6) is 7.00. The van der Waals surface area contributed by atoms with Gasteiger partial charge in [0.25, 0.3) is 0 Å². The number of nitrogen functional groups attached to an aromatic ring is 1. The summed E-state index contributed by atoms with van der Waals surface area (Å²) in [6.07, 6.45) is 4.37. The van der Waals surface area contributed by atoms with Gasteiger partial charge in [0.05, 0.1) is 12.6 Å². The number of methoxy groups -OCH3 is 1. The molecule has 0 amide bonds. The highest BCUT2D eigenvalue weighted by molar-refractivity contribution is 5.57. The summed E-state index contributed by atoms with van der Waals surface area (Å²) in [5, 5.41) is 3.39. The van der Waals surface area contributed by atoms with E-state index in [1.54, 1.807) is 7.11 Å². The van der Waals surface area contributed by atoms with Crippen LogP contribution in [0.4, 0.5) is 11.6 Å². The summed E-state index contributed by atoms with van der Waals surface area (Å²) in [6, 6.07) is 0.242. The minimum Gasteiger partial charge on any atom is -0.383 e. The summed E-state index contributed by atoms with van der Waals surface area (Å²) in [6.45, 7) is 4.88. The lowest BCUT2D eigenvalue weighted by atomic mass is 10.1. The first kappa shape index (κ1) is 14.7. The molecule has 1 unspecified atom stereocenters. The van der Waals surface area contributed by atoms with Gasteiger partial charge in [-0.25, -0.2) is 15.8 Å². The lowest BCUT2D eigenvalue weighted by Crippen LogP contribution is -2.26. The van der Waals surface area contributed by atoms with Crippen LogP contribution < -0.4 is 16.6 Å². The second-order valence-corrected chi connectivity index (χ2v) is 4.15. The number of hydrogen-bond acceptors (Lipinski definition) is 6. The lowest BCUT2D eigenvalue weighted by Gasteiger charge is -2.19. The molecule has 0 aliphatic heterocycles. The number of nitrogens with one attached hydrogen (secondary N) is 2. The monoisotopic (exact) mass is 253 g/mol. The second kappa shape index (κ2) is 7.84. The molecule has 1 aromatic heterocycles. The number of nitrogens with two attached hydrogens (primary N) is 1. The van der Waals surface area contributed by atoms with Crippen molar-refractivity contribution in [1.29, 1.82) is 0 Å². The molecule has 102 valence electrons. The van der Waals surface area contributed by atoms with Gasteiger partial charge in [0, 0.05) is 12.7 Å². The molecule has 0 spiro atoms. The Hall–Kier alpha value is -1.40. The van der Waals surface area contributed by atoms with Crippen molar-refractivity contribution < 1.29 is 4.74 Å². The van der Waals surface area contributed by atoms with E-state index in [4.69, 9.17) is 10.6 Å². The molecule has 1 aromatic rings. The minimum absolute atomic E-state index is 0.242. The van der Waals surface area contributed by atoms with Gasteiger partial charge in [-0.05, 0) is 12.8 Å². The molecule has 6 heteroatoms. The van der Waals surface area contributed by atoms with Crippen LogP contribution in [0.15, 0.2) is 6.33 Å². The highest BCUT2D eigenvalue weighted by atomic mass is 16.5. The molecule has 6 nitrogen and oxygen atoms in total. The summed E-state index contributed by atoms with van der Waals surface area (Å²) in [7, 11) is 1.70. The third kappa shape index (κ3) is 3.82. The molecular formula is C12H23N5O. The predicted octanol–water partition coefficient (Wildman–Crippen LogP) is 1.55. The summed E-state index contributed by atoms with van der Waals surface area (Å²) in [5.41, 5.74) is 3.65. The van der Waals surface area contributed by atoms with E-state index in [9.17, 15) is 0 Å². The fourth-order valence-corrected chi connectivity index (χ4v) is 1.80. The van der Waals surface area contributed by atoms with Crippen LogP contribution in [0, 0.1) is 0 Å². The molecule has 0 aromatic carbocycles. The van der Waals surface area contributed by atoms with Crippen molar-refractivity contribution in [2.24, 2.45) is 5.84 Å². The Kier molecular flexibility index (Phi) is 6.38. The maximum absolute atomic E-state index is 5.48. The van der Waals surface area contributed by atoms with Crippen LogP contribution >= 0.6 is 0 Å². The van der Waals surface area contributed by atoms with Gasteiger partial charge in [-0.1, -0.05) is 20.3 Å². The van der Waals surface area contributed by atoms with Crippen molar-refractivity contribution in [3.63, 3.8) is 0 Å². The van der Waals surface area contributed by atoms with Crippen molar-refractivity contribution >= 4 is 11.6 Å². The van der Waals surface area contributed by atoms with Gasteiger partial charge in [-0.15, -0.1) is 0 Å². The average Bonchev–Trinajstić information content (AvgIpc) is 2.40. The molecule has 0 aliphatic carbocycles. The van der Waals surface area contributed by atoms with Crippen molar-refractivity contribution in [2.45, 2.75) is 39.2 Å². The van der Waals surface area contributed by atoms with Crippen LogP contribution in [0.2, 0.25) is 0 Å². The molecule has 0 aliphatic rings. The molecule has 0 saturated heterocycles. The Morgan fingerprint density at radius 1 is 1.33 bits per heavy atom. The molecule has 18 heavy (non-hydrogen) atoms. The number of hydrazine groups is 1. The number of aromatic nitrogens is 2. The number of rotatable bonds is 8. The molecule has 1 rings (SSSR count). The second-order valence-electron chi connectivity index (χ2n) is 4.15. The van der Waals surface area contributed by atoms with Crippen LogP contribution in [0.5, 0.6) is 0 Å². The quantitative estimate of drug-likeness (QED) is 0.481. The standard InChI is InChI=1S/C12H23N5O/c1-4-6-10-11(14-8-15-12(10)17-13)16-9(5-2)7-18-3/h8-9H,4-7,13H2,1-3H3,(H2,14,15,16,17). The molecule has 0 radical (unpaired) electrons. The molecule has 1 atom stereocenters. The minimum atomic E-state index is 0.242. The third-order valence-electron chi connectivity index (χ3n) is 2.78. The normalized spacial score (nSPS) is 12.2. The first-order valence-electron chi connectivity index (χ1n) is 6.32. The van der Waals surface area contributed by atoms with Gasteiger partial charge in [-0.3, -0.25) is 0 Å². The number of hydrogen-bond donors (Lipinski definition) is 3. The van der Waals surface area contributed by atoms with Crippen LogP contribution in [0.1, 0.15) is 32.3 Å². The van der Waals surface area contributed by atoms with E-state index in [-0.39, 0.29) is 6.04 Å². The number of nitrogens with zero attached hydrogens (tertiary/aromatic N) is 2. The van der Waals surface area contributed by atoms with Crippen LogP contribution in [-0.2, 0) is 11.2 Å². The van der Waals surface area contributed by atoms with E-state index in [1.807, 2.05) is 0 Å². The highest BCUT2D eigenvalue weighted by Gasteiger charge is 2.13. The fraction of sp³-hybridized carbons (Fsp3) is 0.667. The summed E-state index contributed by atoms with van der Waals surface area (Å²) in [4.78, 5) is 8.44. The Balaban J connectivity index is 2.92. The number of anilines is 2. The van der Waals surface area contributed by atoms with Gasteiger partial charge in [0.2, 0.25) is 0 Å². The zero-order chi connectivity index (χ0) is 13.4. The first-order chi connectivity index (χ1) is 8.76. The molecule has 4 N–H and O–H groups in total. The molecule has 1 heterocycles. The van der Waals surface area contributed by atoms with Crippen molar-refractivity contribution in [3.05, 3.63) is 11.9 Å².